The summed E-state index contributed by atoms with van der Waals surface area (Å²) in [5.74, 6) is 0.434. The molecular formula is C19H18ClN3OS. The molecule has 1 aromatic heterocycles. The van der Waals surface area contributed by atoms with Gasteiger partial charge in [0.1, 0.15) is 11.0 Å². The molecule has 1 saturated heterocycles. The summed E-state index contributed by atoms with van der Waals surface area (Å²) in [6.45, 7) is 1.55. The van der Waals surface area contributed by atoms with E-state index in [0.717, 1.165) is 48.4 Å². The Morgan fingerprint density at radius 1 is 1.08 bits per heavy atom. The fraction of sp³-hybridized carbons (Fsp3) is 0.316. The largest absolute Gasteiger partial charge is 0.338 e. The summed E-state index contributed by atoms with van der Waals surface area (Å²) in [5, 5.41) is 0.746. The Morgan fingerprint density at radius 2 is 1.88 bits per heavy atom. The van der Waals surface area contributed by atoms with Gasteiger partial charge in [-0.3, -0.25) is 4.79 Å². The quantitative estimate of drug-likeness (QED) is 0.652. The highest BCUT2D eigenvalue weighted by atomic mass is 35.5. The first-order valence-corrected chi connectivity index (χ1v) is 9.58. The van der Waals surface area contributed by atoms with Crippen molar-refractivity contribution in [3.05, 3.63) is 58.6 Å². The number of aromatic nitrogens is 2. The maximum Gasteiger partial charge on any atom is 0.253 e. The number of halogens is 1. The second-order valence-corrected chi connectivity index (χ2v) is 7.43. The molecule has 2 aromatic carbocycles. The van der Waals surface area contributed by atoms with Gasteiger partial charge in [0.05, 0.1) is 11.7 Å². The predicted molar refractivity (Wildman–Crippen MR) is 101 cm³/mol. The van der Waals surface area contributed by atoms with E-state index in [4.69, 9.17) is 11.6 Å². The Labute approximate surface area is 155 Å². The van der Waals surface area contributed by atoms with Crippen molar-refractivity contribution in [1.82, 2.24) is 13.6 Å². The van der Waals surface area contributed by atoms with Crippen LogP contribution < -0.4 is 0 Å². The Kier molecular flexibility index (Phi) is 4.68. The van der Waals surface area contributed by atoms with E-state index in [2.05, 4.69) is 20.9 Å². The SMILES string of the molecule is O=C(c1ccc2nsnc2c1)N1CCCCC(c2ccc(Cl)cc2)C1. The summed E-state index contributed by atoms with van der Waals surface area (Å²) in [6.07, 6.45) is 3.27. The first-order valence-electron chi connectivity index (χ1n) is 8.48. The number of hydrogen-bond acceptors (Lipinski definition) is 4. The van der Waals surface area contributed by atoms with Gasteiger partial charge in [-0.2, -0.15) is 8.75 Å². The van der Waals surface area contributed by atoms with Crippen molar-refractivity contribution >= 4 is 40.3 Å². The fourth-order valence-corrected chi connectivity index (χ4v) is 4.07. The zero-order valence-electron chi connectivity index (χ0n) is 13.7. The number of nitrogens with zero attached hydrogens (tertiary/aromatic N) is 3. The van der Waals surface area contributed by atoms with Crippen LogP contribution in [0.1, 0.15) is 41.1 Å². The van der Waals surface area contributed by atoms with E-state index in [-0.39, 0.29) is 5.91 Å². The first-order chi connectivity index (χ1) is 12.2. The summed E-state index contributed by atoms with van der Waals surface area (Å²) >= 11 is 7.18. The Morgan fingerprint density at radius 3 is 2.72 bits per heavy atom. The van der Waals surface area contributed by atoms with E-state index >= 15 is 0 Å². The third kappa shape index (κ3) is 3.53. The fourth-order valence-electron chi connectivity index (χ4n) is 3.43. The molecule has 0 spiro atoms. The lowest BCUT2D eigenvalue weighted by Gasteiger charge is -2.25. The monoisotopic (exact) mass is 371 g/mol. The van der Waals surface area contributed by atoms with Crippen LogP contribution in [0.5, 0.6) is 0 Å². The van der Waals surface area contributed by atoms with Crippen LogP contribution in [0, 0.1) is 0 Å². The number of hydrogen-bond donors (Lipinski definition) is 0. The van der Waals surface area contributed by atoms with Crippen molar-refractivity contribution in [3.8, 4) is 0 Å². The summed E-state index contributed by atoms with van der Waals surface area (Å²) in [4.78, 5) is 15.0. The number of carbonyl (C=O) groups is 1. The lowest BCUT2D eigenvalue weighted by atomic mass is 9.94. The molecule has 0 N–H and O–H groups in total. The van der Waals surface area contributed by atoms with Crippen LogP contribution in [0.4, 0.5) is 0 Å². The molecule has 0 aliphatic carbocycles. The zero-order chi connectivity index (χ0) is 17.2. The first kappa shape index (κ1) is 16.5. The maximum atomic E-state index is 13.0. The number of amides is 1. The van der Waals surface area contributed by atoms with Crippen LogP contribution in [0.2, 0.25) is 5.02 Å². The molecule has 0 bridgehead atoms. The van der Waals surface area contributed by atoms with Crippen LogP contribution in [0.3, 0.4) is 0 Å². The van der Waals surface area contributed by atoms with E-state index in [9.17, 15) is 4.79 Å². The summed E-state index contributed by atoms with van der Waals surface area (Å²) < 4.78 is 8.44. The number of fused-ring (bicyclic) bond motifs is 1. The molecule has 2 heterocycles. The lowest BCUT2D eigenvalue weighted by molar-refractivity contribution is 0.0754. The molecule has 0 saturated carbocycles. The minimum absolute atomic E-state index is 0.0794. The van der Waals surface area contributed by atoms with Crippen molar-refractivity contribution in [2.24, 2.45) is 0 Å². The van der Waals surface area contributed by atoms with Gasteiger partial charge in [0, 0.05) is 29.6 Å². The molecule has 128 valence electrons. The molecule has 1 unspecified atom stereocenters. The second kappa shape index (κ2) is 7.10. The summed E-state index contributed by atoms with van der Waals surface area (Å²) in [5.41, 5.74) is 3.58. The molecule has 1 aliphatic rings. The molecule has 6 heteroatoms. The van der Waals surface area contributed by atoms with E-state index in [0.29, 0.717) is 11.5 Å². The smallest absolute Gasteiger partial charge is 0.253 e. The van der Waals surface area contributed by atoms with Gasteiger partial charge >= 0.3 is 0 Å². The molecule has 4 rings (SSSR count). The molecule has 4 nitrogen and oxygen atoms in total. The van der Waals surface area contributed by atoms with Crippen LogP contribution in [0.15, 0.2) is 42.5 Å². The van der Waals surface area contributed by atoms with Gasteiger partial charge in [-0.1, -0.05) is 30.2 Å². The molecule has 25 heavy (non-hydrogen) atoms. The zero-order valence-corrected chi connectivity index (χ0v) is 15.3. The summed E-state index contributed by atoms with van der Waals surface area (Å²) in [6, 6.07) is 13.6. The minimum Gasteiger partial charge on any atom is -0.338 e. The maximum absolute atomic E-state index is 13.0. The molecule has 1 fully saturated rings. The molecule has 1 aliphatic heterocycles. The van der Waals surface area contributed by atoms with Gasteiger partial charge < -0.3 is 4.90 Å². The van der Waals surface area contributed by atoms with E-state index in [1.807, 2.05) is 35.2 Å². The normalized spacial score (nSPS) is 18.3. The Balaban J connectivity index is 1.57. The Bertz CT molecular complexity index is 893. The van der Waals surface area contributed by atoms with Crippen molar-refractivity contribution < 1.29 is 4.79 Å². The van der Waals surface area contributed by atoms with Crippen LogP contribution >= 0.6 is 23.3 Å². The van der Waals surface area contributed by atoms with Gasteiger partial charge in [-0.25, -0.2) is 0 Å². The van der Waals surface area contributed by atoms with E-state index < -0.39 is 0 Å². The average Bonchev–Trinajstić information content (AvgIpc) is 2.97. The van der Waals surface area contributed by atoms with Crippen molar-refractivity contribution in [3.63, 3.8) is 0 Å². The second-order valence-electron chi connectivity index (χ2n) is 6.46. The molecule has 0 radical (unpaired) electrons. The van der Waals surface area contributed by atoms with Crippen LogP contribution in [-0.2, 0) is 0 Å². The summed E-state index contributed by atoms with van der Waals surface area (Å²) in [7, 11) is 0. The van der Waals surface area contributed by atoms with Gasteiger partial charge in [-0.05, 0) is 48.7 Å². The lowest BCUT2D eigenvalue weighted by Crippen LogP contribution is -2.34. The standard InChI is InChI=1S/C19H18ClN3OS/c20-16-7-4-13(5-8-16)15-3-1-2-10-23(12-15)19(24)14-6-9-17-18(11-14)22-25-21-17/h4-9,11,15H,1-3,10,12H2. The van der Waals surface area contributed by atoms with Gasteiger partial charge in [0.2, 0.25) is 0 Å². The predicted octanol–water partition coefficient (Wildman–Crippen LogP) is 4.75. The molecular weight excluding hydrogens is 354 g/mol. The van der Waals surface area contributed by atoms with Crippen LogP contribution in [0.25, 0.3) is 11.0 Å². The average molecular weight is 372 g/mol. The van der Waals surface area contributed by atoms with Gasteiger partial charge in [0.15, 0.2) is 0 Å². The third-order valence-electron chi connectivity index (χ3n) is 4.80. The number of benzene rings is 2. The van der Waals surface area contributed by atoms with E-state index in [1.54, 1.807) is 0 Å². The highest BCUT2D eigenvalue weighted by molar-refractivity contribution is 7.00. The van der Waals surface area contributed by atoms with Crippen LogP contribution in [-0.4, -0.2) is 32.6 Å². The van der Waals surface area contributed by atoms with Gasteiger partial charge in [0.25, 0.3) is 5.91 Å². The number of likely N-dealkylation sites (tertiary alicyclic amines) is 1. The van der Waals surface area contributed by atoms with Crippen molar-refractivity contribution in [2.75, 3.05) is 13.1 Å². The third-order valence-corrected chi connectivity index (χ3v) is 5.61. The van der Waals surface area contributed by atoms with Crippen molar-refractivity contribution in [2.45, 2.75) is 25.2 Å². The Hall–Kier alpha value is -1.98. The molecule has 1 atom stereocenters. The minimum atomic E-state index is 0.0794. The number of rotatable bonds is 2. The van der Waals surface area contributed by atoms with E-state index in [1.165, 1.54) is 17.3 Å². The highest BCUT2D eigenvalue weighted by Crippen LogP contribution is 2.28. The molecule has 1 amide bonds. The highest BCUT2D eigenvalue weighted by Gasteiger charge is 2.24. The van der Waals surface area contributed by atoms with Crippen molar-refractivity contribution in [1.29, 1.82) is 0 Å². The van der Waals surface area contributed by atoms with Gasteiger partial charge in [-0.15, -0.1) is 0 Å². The number of carbonyl (C=O) groups excluding carboxylic acids is 1. The molecule has 3 aromatic rings. The topological polar surface area (TPSA) is 46.1 Å².